The summed E-state index contributed by atoms with van der Waals surface area (Å²) in [5.41, 5.74) is 1.49. The minimum Gasteiger partial charge on any atom is -0.469 e. The Morgan fingerprint density at radius 2 is 2.00 bits per heavy atom. The van der Waals surface area contributed by atoms with Crippen LogP contribution in [0, 0.1) is 11.8 Å². The van der Waals surface area contributed by atoms with Crippen molar-refractivity contribution in [3.63, 3.8) is 0 Å². The maximum absolute atomic E-state index is 12.4. The molecule has 0 aliphatic heterocycles. The molecule has 1 heterocycles. The first-order valence-corrected chi connectivity index (χ1v) is 7.54. The zero-order valence-electron chi connectivity index (χ0n) is 12.8. The number of nitrogens with one attached hydrogen (secondary N) is 1. The van der Waals surface area contributed by atoms with Crippen LogP contribution in [-0.4, -0.2) is 24.0 Å². The minimum atomic E-state index is -0.216. The number of methoxy groups -OCH3 is 1. The van der Waals surface area contributed by atoms with Gasteiger partial charge in [-0.05, 0) is 30.0 Å². The van der Waals surface area contributed by atoms with E-state index in [9.17, 15) is 9.59 Å². The number of benzene rings is 1. The Hall–Kier alpha value is -2.69. The number of pyridine rings is 1. The maximum atomic E-state index is 12.4. The molecule has 0 bridgehead atoms. The van der Waals surface area contributed by atoms with E-state index in [4.69, 9.17) is 4.74 Å². The number of rotatable bonds is 5. The molecule has 0 unspecified atom stereocenters. The molecule has 0 saturated heterocycles. The van der Waals surface area contributed by atoms with Crippen LogP contribution in [0.5, 0.6) is 0 Å². The Morgan fingerprint density at radius 1 is 1.22 bits per heavy atom. The smallest absolute Gasteiger partial charge is 0.309 e. The molecule has 0 spiro atoms. The molecule has 1 aromatic carbocycles. The highest BCUT2D eigenvalue weighted by Crippen LogP contribution is 2.48. The Labute approximate surface area is 134 Å². The first kappa shape index (κ1) is 15.2. The summed E-state index contributed by atoms with van der Waals surface area (Å²) in [4.78, 5) is 28.1. The molecule has 1 N–H and O–H groups in total. The predicted molar refractivity (Wildman–Crippen MR) is 84.5 cm³/mol. The van der Waals surface area contributed by atoms with Crippen molar-refractivity contribution < 1.29 is 14.3 Å². The van der Waals surface area contributed by atoms with E-state index in [1.165, 1.54) is 13.3 Å². The Balaban J connectivity index is 1.80. The normalized spacial score (nSPS) is 20.4. The van der Waals surface area contributed by atoms with Crippen LogP contribution < -0.4 is 5.32 Å². The lowest BCUT2D eigenvalue weighted by Gasteiger charge is -2.19. The summed E-state index contributed by atoms with van der Waals surface area (Å²) >= 11 is 0. The Morgan fingerprint density at radius 3 is 2.65 bits per heavy atom. The third-order valence-electron chi connectivity index (χ3n) is 4.14. The number of hydrogen-bond acceptors (Lipinski definition) is 4. The van der Waals surface area contributed by atoms with Crippen molar-refractivity contribution >= 4 is 11.9 Å². The molecule has 118 valence electrons. The van der Waals surface area contributed by atoms with Crippen LogP contribution in [0.4, 0.5) is 0 Å². The average molecular weight is 310 g/mol. The molecular weight excluding hydrogens is 292 g/mol. The lowest BCUT2D eigenvalue weighted by molar-refractivity contribution is -0.142. The zero-order valence-corrected chi connectivity index (χ0v) is 12.8. The van der Waals surface area contributed by atoms with E-state index in [-0.39, 0.29) is 29.8 Å². The number of esters is 1. The van der Waals surface area contributed by atoms with Crippen molar-refractivity contribution in [3.8, 4) is 0 Å². The minimum absolute atomic E-state index is 0.0606. The van der Waals surface area contributed by atoms with Crippen molar-refractivity contribution in [2.45, 2.75) is 12.5 Å². The molecule has 1 aromatic heterocycles. The molecule has 3 rings (SSSR count). The Kier molecular flexibility index (Phi) is 4.37. The van der Waals surface area contributed by atoms with E-state index in [1.807, 2.05) is 30.3 Å². The molecule has 1 aliphatic carbocycles. The highest BCUT2D eigenvalue weighted by atomic mass is 16.5. The van der Waals surface area contributed by atoms with Gasteiger partial charge in [0.05, 0.1) is 24.6 Å². The first-order valence-electron chi connectivity index (χ1n) is 7.54. The third kappa shape index (κ3) is 3.39. The van der Waals surface area contributed by atoms with Gasteiger partial charge in [-0.15, -0.1) is 0 Å². The highest BCUT2D eigenvalue weighted by Gasteiger charge is 2.49. The van der Waals surface area contributed by atoms with Gasteiger partial charge in [0.2, 0.25) is 0 Å². The largest absolute Gasteiger partial charge is 0.469 e. The summed E-state index contributed by atoms with van der Waals surface area (Å²) in [5.74, 6) is -0.501. The average Bonchev–Trinajstić information content (AvgIpc) is 3.40. The van der Waals surface area contributed by atoms with Crippen LogP contribution in [0.15, 0.2) is 54.9 Å². The second-order valence-electron chi connectivity index (χ2n) is 5.63. The number of aromatic nitrogens is 1. The second kappa shape index (κ2) is 6.60. The lowest BCUT2D eigenvalue weighted by Crippen LogP contribution is -2.31. The van der Waals surface area contributed by atoms with Gasteiger partial charge < -0.3 is 10.1 Å². The maximum Gasteiger partial charge on any atom is 0.309 e. The fourth-order valence-electron chi connectivity index (χ4n) is 2.83. The van der Waals surface area contributed by atoms with Gasteiger partial charge in [0.1, 0.15) is 0 Å². The topological polar surface area (TPSA) is 68.3 Å². The fourth-order valence-corrected chi connectivity index (χ4v) is 2.83. The summed E-state index contributed by atoms with van der Waals surface area (Å²) in [6.45, 7) is 0. The van der Waals surface area contributed by atoms with E-state index < -0.39 is 0 Å². The van der Waals surface area contributed by atoms with Crippen LogP contribution in [-0.2, 0) is 9.53 Å². The molecule has 1 amide bonds. The Bertz CT molecular complexity index is 688. The van der Waals surface area contributed by atoms with Gasteiger partial charge in [0.15, 0.2) is 0 Å². The molecule has 2 aromatic rings. The van der Waals surface area contributed by atoms with Crippen molar-refractivity contribution in [2.75, 3.05) is 7.11 Å². The van der Waals surface area contributed by atoms with Gasteiger partial charge in [-0.2, -0.15) is 0 Å². The zero-order chi connectivity index (χ0) is 16.2. The number of amides is 1. The van der Waals surface area contributed by atoms with Crippen LogP contribution in [0.25, 0.3) is 0 Å². The van der Waals surface area contributed by atoms with Crippen LogP contribution >= 0.6 is 0 Å². The molecular formula is C18H18N2O3. The van der Waals surface area contributed by atoms with Crippen LogP contribution in [0.1, 0.15) is 28.4 Å². The van der Waals surface area contributed by atoms with E-state index in [1.54, 1.807) is 18.3 Å². The van der Waals surface area contributed by atoms with Crippen LogP contribution in [0.3, 0.4) is 0 Å². The predicted octanol–water partition coefficient (Wildman–Crippen LogP) is 2.36. The van der Waals surface area contributed by atoms with Gasteiger partial charge >= 0.3 is 5.97 Å². The lowest BCUT2D eigenvalue weighted by atomic mass is 10.0. The van der Waals surface area contributed by atoms with E-state index in [2.05, 4.69) is 10.3 Å². The van der Waals surface area contributed by atoms with Gasteiger partial charge in [0, 0.05) is 12.4 Å². The van der Waals surface area contributed by atoms with E-state index in [0.717, 1.165) is 12.0 Å². The summed E-state index contributed by atoms with van der Waals surface area (Å²) in [7, 11) is 1.39. The standard InChI is InChI=1S/C18H18N2O3/c1-23-18(22)15-10-14(15)16(12-6-3-2-4-7-12)20-17(21)13-8-5-9-19-11-13/h2-9,11,14-16H,10H2,1H3,(H,20,21)/t14-,15+,16+/m1/s1. The van der Waals surface area contributed by atoms with Gasteiger partial charge in [-0.1, -0.05) is 30.3 Å². The fraction of sp³-hybridized carbons (Fsp3) is 0.278. The molecule has 23 heavy (non-hydrogen) atoms. The quantitative estimate of drug-likeness (QED) is 0.861. The number of carbonyl (C=O) groups is 2. The molecule has 5 heteroatoms. The summed E-state index contributed by atoms with van der Waals surface area (Å²) < 4.78 is 4.82. The number of hydrogen-bond donors (Lipinski definition) is 1. The van der Waals surface area contributed by atoms with E-state index >= 15 is 0 Å². The SMILES string of the molecule is COC(=O)[C@H]1C[C@H]1[C@@H](NC(=O)c1cccnc1)c1ccccc1. The molecule has 3 atom stereocenters. The van der Waals surface area contributed by atoms with E-state index in [0.29, 0.717) is 5.56 Å². The first-order chi connectivity index (χ1) is 11.2. The van der Waals surface area contributed by atoms with Crippen molar-refractivity contribution in [2.24, 2.45) is 11.8 Å². The van der Waals surface area contributed by atoms with Gasteiger partial charge in [-0.25, -0.2) is 0 Å². The summed E-state index contributed by atoms with van der Waals surface area (Å²) in [6, 6.07) is 12.9. The van der Waals surface area contributed by atoms with Crippen molar-refractivity contribution in [1.82, 2.24) is 10.3 Å². The monoisotopic (exact) mass is 310 g/mol. The second-order valence-corrected chi connectivity index (χ2v) is 5.63. The molecule has 1 aliphatic rings. The van der Waals surface area contributed by atoms with Gasteiger partial charge in [0.25, 0.3) is 5.91 Å². The summed E-state index contributed by atoms with van der Waals surface area (Å²) in [5, 5.41) is 3.03. The van der Waals surface area contributed by atoms with Crippen LogP contribution in [0.2, 0.25) is 0 Å². The number of ether oxygens (including phenoxy) is 1. The van der Waals surface area contributed by atoms with Crippen molar-refractivity contribution in [1.29, 1.82) is 0 Å². The third-order valence-corrected chi connectivity index (χ3v) is 4.14. The number of nitrogens with zero attached hydrogens (tertiary/aromatic N) is 1. The molecule has 5 nitrogen and oxygen atoms in total. The van der Waals surface area contributed by atoms with Gasteiger partial charge in [-0.3, -0.25) is 14.6 Å². The summed E-state index contributed by atoms with van der Waals surface area (Å²) in [6.07, 6.45) is 3.88. The molecule has 0 radical (unpaired) electrons. The molecule has 1 fully saturated rings. The van der Waals surface area contributed by atoms with Crippen molar-refractivity contribution in [3.05, 3.63) is 66.0 Å². The highest BCUT2D eigenvalue weighted by molar-refractivity contribution is 5.94. The molecule has 1 saturated carbocycles. The number of carbonyl (C=O) groups excluding carboxylic acids is 2.